The van der Waals surface area contributed by atoms with Crippen LogP contribution in [0.1, 0.15) is 67.8 Å². The monoisotopic (exact) mass is 419 g/mol. The van der Waals surface area contributed by atoms with Crippen LogP contribution in [-0.2, 0) is 10.2 Å². The highest BCUT2D eigenvalue weighted by molar-refractivity contribution is 5.94. The number of hydrogen-bond acceptors (Lipinski definition) is 4. The van der Waals surface area contributed by atoms with E-state index in [1.54, 1.807) is 0 Å². The number of aromatic nitrogens is 3. The lowest BCUT2D eigenvalue weighted by Gasteiger charge is -2.23. The fourth-order valence-corrected chi connectivity index (χ4v) is 4.07. The van der Waals surface area contributed by atoms with Crippen molar-refractivity contribution in [1.82, 2.24) is 24.8 Å². The van der Waals surface area contributed by atoms with Crippen LogP contribution in [0.4, 0.5) is 0 Å². The van der Waals surface area contributed by atoms with Gasteiger partial charge < -0.3 is 10.2 Å². The van der Waals surface area contributed by atoms with E-state index in [1.165, 1.54) is 5.56 Å². The van der Waals surface area contributed by atoms with Gasteiger partial charge in [0.25, 0.3) is 5.91 Å². The minimum Gasteiger partial charge on any atom is -0.352 e. The van der Waals surface area contributed by atoms with Crippen molar-refractivity contribution in [3.8, 4) is 0 Å². The van der Waals surface area contributed by atoms with Crippen LogP contribution < -0.4 is 5.32 Å². The van der Waals surface area contributed by atoms with E-state index in [9.17, 15) is 9.59 Å². The third-order valence-electron chi connectivity index (χ3n) is 5.85. The van der Waals surface area contributed by atoms with Gasteiger partial charge in [0.1, 0.15) is 0 Å². The second-order valence-electron chi connectivity index (χ2n) is 9.07. The molecule has 1 atom stereocenters. The van der Waals surface area contributed by atoms with Crippen LogP contribution in [0.25, 0.3) is 5.65 Å². The number of pyridine rings is 1. The topological polar surface area (TPSA) is 79.6 Å². The number of amides is 2. The Morgan fingerprint density at radius 3 is 2.61 bits per heavy atom. The third-order valence-corrected chi connectivity index (χ3v) is 5.85. The van der Waals surface area contributed by atoms with E-state index in [0.717, 1.165) is 24.3 Å². The quantitative estimate of drug-likeness (QED) is 0.686. The number of likely N-dealkylation sites (tertiary alicyclic amines) is 1. The summed E-state index contributed by atoms with van der Waals surface area (Å²) in [7, 11) is 0. The zero-order valence-electron chi connectivity index (χ0n) is 18.3. The van der Waals surface area contributed by atoms with Crippen LogP contribution in [0.3, 0.4) is 0 Å². The second kappa shape index (κ2) is 8.49. The number of fused-ring (bicyclic) bond motifs is 1. The first-order chi connectivity index (χ1) is 14.8. The second-order valence-corrected chi connectivity index (χ2v) is 9.07. The molecule has 0 saturated carbocycles. The maximum Gasteiger partial charge on any atom is 0.251 e. The van der Waals surface area contributed by atoms with Crippen LogP contribution in [0.2, 0.25) is 0 Å². The smallest absolute Gasteiger partial charge is 0.251 e. The van der Waals surface area contributed by atoms with Crippen LogP contribution in [0.5, 0.6) is 0 Å². The Balaban J connectivity index is 1.34. The van der Waals surface area contributed by atoms with Crippen molar-refractivity contribution in [2.75, 3.05) is 13.1 Å². The summed E-state index contributed by atoms with van der Waals surface area (Å²) < 4.78 is 1.94. The van der Waals surface area contributed by atoms with Gasteiger partial charge in [-0.15, -0.1) is 10.2 Å². The zero-order valence-corrected chi connectivity index (χ0v) is 18.3. The van der Waals surface area contributed by atoms with Crippen LogP contribution >= 0.6 is 0 Å². The number of nitrogens with zero attached hydrogens (tertiary/aromatic N) is 4. The first kappa shape index (κ1) is 21.0. The maximum absolute atomic E-state index is 12.9. The molecule has 7 heteroatoms. The third kappa shape index (κ3) is 4.45. The molecule has 1 N–H and O–H groups in total. The molecule has 3 aromatic rings. The Morgan fingerprint density at radius 1 is 1.10 bits per heavy atom. The number of hydrogen-bond donors (Lipinski definition) is 1. The Morgan fingerprint density at radius 2 is 1.87 bits per heavy atom. The summed E-state index contributed by atoms with van der Waals surface area (Å²) in [6.07, 6.45) is 3.99. The summed E-state index contributed by atoms with van der Waals surface area (Å²) in [5.41, 5.74) is 2.61. The molecule has 4 rings (SSSR count). The summed E-state index contributed by atoms with van der Waals surface area (Å²) in [5.74, 6) is 0.665. The SMILES string of the molecule is CC(C)(C)c1ccc(C(=O)NCCC(=O)N2CCCC2c2nnc3ccccn23)cc1. The molecule has 1 fully saturated rings. The molecule has 3 heterocycles. The summed E-state index contributed by atoms with van der Waals surface area (Å²) in [6.45, 7) is 7.43. The van der Waals surface area contributed by atoms with E-state index >= 15 is 0 Å². The van der Waals surface area contributed by atoms with Crippen LogP contribution in [-0.4, -0.2) is 44.4 Å². The first-order valence-electron chi connectivity index (χ1n) is 10.8. The Labute approximate surface area is 182 Å². The predicted octanol–water partition coefficient (Wildman–Crippen LogP) is 3.51. The largest absolute Gasteiger partial charge is 0.352 e. The molecule has 0 bridgehead atoms. The highest BCUT2D eigenvalue weighted by Gasteiger charge is 2.32. The fraction of sp³-hybridized carbons (Fsp3) is 0.417. The van der Waals surface area contributed by atoms with Gasteiger partial charge in [-0.1, -0.05) is 39.0 Å². The first-order valence-corrected chi connectivity index (χ1v) is 10.8. The Bertz CT molecular complexity index is 1080. The molecule has 162 valence electrons. The molecular weight excluding hydrogens is 390 g/mol. The molecule has 2 aromatic heterocycles. The minimum atomic E-state index is -0.158. The predicted molar refractivity (Wildman–Crippen MR) is 119 cm³/mol. The lowest BCUT2D eigenvalue weighted by atomic mass is 9.87. The van der Waals surface area contributed by atoms with Gasteiger partial charge in [0.15, 0.2) is 11.5 Å². The summed E-state index contributed by atoms with van der Waals surface area (Å²) in [4.78, 5) is 27.2. The molecule has 1 aromatic carbocycles. The van der Waals surface area contributed by atoms with E-state index in [4.69, 9.17) is 0 Å². The van der Waals surface area contributed by atoms with Crippen molar-refractivity contribution in [3.05, 3.63) is 65.6 Å². The summed E-state index contributed by atoms with van der Waals surface area (Å²) >= 11 is 0. The van der Waals surface area contributed by atoms with E-state index in [2.05, 4.69) is 36.3 Å². The molecule has 2 amide bonds. The maximum atomic E-state index is 12.9. The number of carbonyl (C=O) groups excluding carboxylic acids is 2. The molecule has 1 saturated heterocycles. The molecule has 7 nitrogen and oxygen atoms in total. The van der Waals surface area contributed by atoms with Gasteiger partial charge in [0.05, 0.1) is 6.04 Å². The van der Waals surface area contributed by atoms with Gasteiger partial charge in [-0.2, -0.15) is 0 Å². The van der Waals surface area contributed by atoms with Crippen molar-refractivity contribution >= 4 is 17.5 Å². The van der Waals surface area contributed by atoms with Crippen molar-refractivity contribution in [3.63, 3.8) is 0 Å². The van der Waals surface area contributed by atoms with Gasteiger partial charge in [-0.05, 0) is 48.1 Å². The van der Waals surface area contributed by atoms with Crippen LogP contribution in [0.15, 0.2) is 48.7 Å². The minimum absolute atomic E-state index is 0.0264. The summed E-state index contributed by atoms with van der Waals surface area (Å²) in [5, 5.41) is 11.4. The zero-order chi connectivity index (χ0) is 22.0. The van der Waals surface area contributed by atoms with E-state index in [0.29, 0.717) is 18.7 Å². The average molecular weight is 420 g/mol. The lowest BCUT2D eigenvalue weighted by molar-refractivity contribution is -0.132. The highest BCUT2D eigenvalue weighted by atomic mass is 16.2. The van der Waals surface area contributed by atoms with E-state index in [-0.39, 0.29) is 29.7 Å². The molecule has 1 aliphatic heterocycles. The van der Waals surface area contributed by atoms with E-state index in [1.807, 2.05) is 58.0 Å². The molecule has 0 spiro atoms. The van der Waals surface area contributed by atoms with Crippen molar-refractivity contribution in [1.29, 1.82) is 0 Å². The van der Waals surface area contributed by atoms with Crippen molar-refractivity contribution < 1.29 is 9.59 Å². The highest BCUT2D eigenvalue weighted by Crippen LogP contribution is 2.31. The molecule has 0 aliphatic carbocycles. The molecule has 0 radical (unpaired) electrons. The van der Waals surface area contributed by atoms with Gasteiger partial charge in [0.2, 0.25) is 5.91 Å². The van der Waals surface area contributed by atoms with Gasteiger partial charge in [-0.25, -0.2) is 0 Å². The summed E-state index contributed by atoms with van der Waals surface area (Å²) in [6, 6.07) is 13.3. The molecular formula is C24H29N5O2. The normalized spacial score (nSPS) is 16.6. The standard InChI is InChI=1S/C24H29N5O2/c1-24(2,3)18-11-9-17(10-12-18)23(31)25-14-13-21(30)28-16-6-7-19(28)22-27-26-20-8-4-5-15-29(20)22/h4-5,8-12,15,19H,6-7,13-14,16H2,1-3H3,(H,25,31). The molecule has 31 heavy (non-hydrogen) atoms. The number of rotatable bonds is 5. The number of benzene rings is 1. The van der Waals surface area contributed by atoms with Gasteiger partial charge >= 0.3 is 0 Å². The Hall–Kier alpha value is -3.22. The van der Waals surface area contributed by atoms with Crippen molar-refractivity contribution in [2.24, 2.45) is 0 Å². The van der Waals surface area contributed by atoms with Crippen molar-refractivity contribution in [2.45, 2.75) is 51.5 Å². The Kier molecular flexibility index (Phi) is 5.76. The average Bonchev–Trinajstić information content (AvgIpc) is 3.40. The number of nitrogens with one attached hydrogen (secondary N) is 1. The van der Waals surface area contributed by atoms with Gasteiger partial charge in [-0.3, -0.25) is 14.0 Å². The van der Waals surface area contributed by atoms with E-state index < -0.39 is 0 Å². The molecule has 1 unspecified atom stereocenters. The lowest BCUT2D eigenvalue weighted by Crippen LogP contribution is -2.35. The van der Waals surface area contributed by atoms with Crippen LogP contribution in [0, 0.1) is 0 Å². The fourth-order valence-electron chi connectivity index (χ4n) is 4.07. The van der Waals surface area contributed by atoms with Gasteiger partial charge in [0, 0.05) is 31.3 Å². The number of carbonyl (C=O) groups is 2. The molecule has 1 aliphatic rings.